The van der Waals surface area contributed by atoms with E-state index in [0.717, 1.165) is 5.56 Å². The van der Waals surface area contributed by atoms with Gasteiger partial charge in [0.15, 0.2) is 5.75 Å². The SMILES string of the molecule is CC(=O)Cc1c(Cc2cccc(N)c2)c(=O)oc2cc(OC(=O)N(C)C)c(Cl)cc12. The Hall–Kier alpha value is -3.32. The number of fused-ring (bicyclic) bond motifs is 1. The van der Waals surface area contributed by atoms with E-state index in [1.165, 1.54) is 32.0 Å². The highest BCUT2D eigenvalue weighted by Crippen LogP contribution is 2.33. The van der Waals surface area contributed by atoms with Crippen LogP contribution in [0.25, 0.3) is 11.0 Å². The fourth-order valence-electron chi connectivity index (χ4n) is 3.10. The number of carbonyl (C=O) groups is 2. The van der Waals surface area contributed by atoms with Crippen LogP contribution < -0.4 is 16.1 Å². The maximum absolute atomic E-state index is 12.8. The first kappa shape index (κ1) is 21.4. The van der Waals surface area contributed by atoms with Gasteiger partial charge in [0.05, 0.1) is 5.02 Å². The number of ketones is 1. The molecule has 0 aliphatic carbocycles. The van der Waals surface area contributed by atoms with Crippen molar-refractivity contribution in [2.45, 2.75) is 19.8 Å². The van der Waals surface area contributed by atoms with Gasteiger partial charge in [-0.25, -0.2) is 9.59 Å². The van der Waals surface area contributed by atoms with Crippen LogP contribution in [0.4, 0.5) is 10.5 Å². The van der Waals surface area contributed by atoms with E-state index in [2.05, 4.69) is 0 Å². The van der Waals surface area contributed by atoms with Crippen LogP contribution in [0.2, 0.25) is 5.02 Å². The number of amides is 1. The molecule has 3 aromatic rings. The number of hydrogen-bond donors (Lipinski definition) is 1. The van der Waals surface area contributed by atoms with Crippen LogP contribution in [-0.2, 0) is 17.6 Å². The Morgan fingerprint density at radius 1 is 1.17 bits per heavy atom. The van der Waals surface area contributed by atoms with Gasteiger partial charge in [0.25, 0.3) is 0 Å². The number of hydrogen-bond acceptors (Lipinski definition) is 6. The monoisotopic (exact) mass is 428 g/mol. The van der Waals surface area contributed by atoms with Gasteiger partial charge in [-0.1, -0.05) is 23.7 Å². The van der Waals surface area contributed by atoms with Gasteiger partial charge in [0.2, 0.25) is 0 Å². The van der Waals surface area contributed by atoms with Crippen molar-refractivity contribution in [1.29, 1.82) is 0 Å². The van der Waals surface area contributed by atoms with Crippen molar-refractivity contribution in [1.82, 2.24) is 4.90 Å². The lowest BCUT2D eigenvalue weighted by molar-refractivity contribution is -0.116. The van der Waals surface area contributed by atoms with E-state index in [9.17, 15) is 14.4 Å². The minimum Gasteiger partial charge on any atom is -0.422 e. The quantitative estimate of drug-likeness (QED) is 0.489. The summed E-state index contributed by atoms with van der Waals surface area (Å²) in [4.78, 5) is 37.8. The van der Waals surface area contributed by atoms with Crippen molar-refractivity contribution in [2.24, 2.45) is 0 Å². The molecule has 2 aromatic carbocycles. The Kier molecular flexibility index (Phi) is 6.12. The predicted molar refractivity (Wildman–Crippen MR) is 115 cm³/mol. The molecule has 1 amide bonds. The molecule has 0 atom stereocenters. The van der Waals surface area contributed by atoms with Crippen molar-refractivity contribution in [3.63, 3.8) is 0 Å². The molecule has 0 aliphatic rings. The van der Waals surface area contributed by atoms with Crippen molar-refractivity contribution >= 4 is 40.1 Å². The van der Waals surface area contributed by atoms with Crippen LogP contribution >= 0.6 is 11.6 Å². The van der Waals surface area contributed by atoms with Crippen molar-refractivity contribution in [3.8, 4) is 5.75 Å². The number of carbonyl (C=O) groups excluding carboxylic acids is 2. The van der Waals surface area contributed by atoms with Gasteiger partial charge in [0, 0.05) is 49.6 Å². The predicted octanol–water partition coefficient (Wildman–Crippen LogP) is 3.81. The van der Waals surface area contributed by atoms with Gasteiger partial charge in [-0.15, -0.1) is 0 Å². The second-order valence-electron chi connectivity index (χ2n) is 7.19. The summed E-state index contributed by atoms with van der Waals surface area (Å²) in [6.45, 7) is 1.44. The normalized spacial score (nSPS) is 10.8. The third-order valence-corrected chi connectivity index (χ3v) is 4.79. The number of rotatable bonds is 5. The minimum atomic E-state index is -0.624. The molecule has 0 saturated carbocycles. The second kappa shape index (κ2) is 8.59. The minimum absolute atomic E-state index is 0.0346. The van der Waals surface area contributed by atoms with Crippen LogP contribution in [-0.4, -0.2) is 30.9 Å². The number of ether oxygens (including phenoxy) is 1. The maximum atomic E-state index is 12.8. The third-order valence-electron chi connectivity index (χ3n) is 4.49. The Morgan fingerprint density at radius 3 is 2.53 bits per heavy atom. The van der Waals surface area contributed by atoms with Crippen LogP contribution in [0, 0.1) is 0 Å². The largest absolute Gasteiger partial charge is 0.422 e. The molecule has 0 unspecified atom stereocenters. The van der Waals surface area contributed by atoms with Gasteiger partial charge in [0.1, 0.15) is 11.4 Å². The molecule has 0 radical (unpaired) electrons. The molecular weight excluding hydrogens is 408 g/mol. The summed E-state index contributed by atoms with van der Waals surface area (Å²) < 4.78 is 10.7. The van der Waals surface area contributed by atoms with Crippen LogP contribution in [0.3, 0.4) is 0 Å². The number of benzene rings is 2. The lowest BCUT2D eigenvalue weighted by Gasteiger charge is -2.14. The molecule has 7 nitrogen and oxygen atoms in total. The van der Waals surface area contributed by atoms with Crippen molar-refractivity contribution < 1.29 is 18.7 Å². The summed E-state index contributed by atoms with van der Waals surface area (Å²) in [6, 6.07) is 10.1. The van der Waals surface area contributed by atoms with Crippen molar-refractivity contribution in [3.05, 3.63) is 68.5 Å². The average Bonchev–Trinajstić information content (AvgIpc) is 2.65. The number of nitrogens with zero attached hydrogens (tertiary/aromatic N) is 1. The third kappa shape index (κ3) is 4.63. The Balaban J connectivity index is 2.17. The first-order valence-electron chi connectivity index (χ1n) is 9.16. The summed E-state index contributed by atoms with van der Waals surface area (Å²) in [5.41, 5.74) is 7.72. The molecule has 30 heavy (non-hydrogen) atoms. The van der Waals surface area contributed by atoms with Gasteiger partial charge in [-0.3, -0.25) is 4.79 Å². The van der Waals surface area contributed by atoms with Gasteiger partial charge in [-0.2, -0.15) is 0 Å². The summed E-state index contributed by atoms with van der Waals surface area (Å²) in [5.74, 6) is -0.0571. The molecule has 0 saturated heterocycles. The van der Waals surface area contributed by atoms with Crippen LogP contribution in [0.15, 0.2) is 45.6 Å². The molecule has 0 fully saturated rings. The average molecular weight is 429 g/mol. The van der Waals surface area contributed by atoms with E-state index in [-0.39, 0.29) is 35.0 Å². The first-order valence-corrected chi connectivity index (χ1v) is 9.54. The molecule has 1 aromatic heterocycles. The zero-order valence-electron chi connectivity index (χ0n) is 16.8. The number of anilines is 1. The molecule has 0 bridgehead atoms. The molecule has 1 heterocycles. The Labute approximate surface area is 178 Å². The molecule has 0 spiro atoms. The highest BCUT2D eigenvalue weighted by Gasteiger charge is 2.20. The Morgan fingerprint density at radius 2 is 1.90 bits per heavy atom. The molecule has 8 heteroatoms. The van der Waals surface area contributed by atoms with E-state index >= 15 is 0 Å². The topological polar surface area (TPSA) is 103 Å². The zero-order valence-corrected chi connectivity index (χ0v) is 17.6. The van der Waals surface area contributed by atoms with Gasteiger partial charge in [-0.05, 0) is 36.2 Å². The van der Waals surface area contributed by atoms with E-state index in [0.29, 0.717) is 22.2 Å². The lowest BCUT2D eigenvalue weighted by Crippen LogP contribution is -2.25. The highest BCUT2D eigenvalue weighted by atomic mass is 35.5. The fourth-order valence-corrected chi connectivity index (χ4v) is 3.30. The zero-order chi connectivity index (χ0) is 22.0. The van der Waals surface area contributed by atoms with E-state index in [1.807, 2.05) is 6.07 Å². The maximum Gasteiger partial charge on any atom is 0.414 e. The fraction of sp³-hybridized carbons (Fsp3) is 0.227. The lowest BCUT2D eigenvalue weighted by atomic mass is 9.95. The van der Waals surface area contributed by atoms with E-state index < -0.39 is 11.7 Å². The standard InChI is InChI=1S/C22H21ClN2O5/c1-12(26)7-15-16-10-18(23)20(30-22(28)25(2)3)11-19(16)29-21(27)17(15)9-13-5-4-6-14(24)8-13/h4-6,8,10-11H,7,9,24H2,1-3H3. The van der Waals surface area contributed by atoms with E-state index in [4.69, 9.17) is 26.5 Å². The number of nitrogens with two attached hydrogens (primary N) is 1. The number of Topliss-reactive ketones (excluding diaryl/α,β-unsaturated/α-hetero) is 1. The number of halogens is 1. The molecular formula is C22H21ClN2O5. The Bertz CT molecular complexity index is 1200. The summed E-state index contributed by atoms with van der Waals surface area (Å²) in [7, 11) is 3.07. The van der Waals surface area contributed by atoms with Crippen LogP contribution in [0.1, 0.15) is 23.6 Å². The number of nitrogen functional groups attached to an aromatic ring is 1. The van der Waals surface area contributed by atoms with Gasteiger partial charge < -0.3 is 19.8 Å². The molecule has 3 rings (SSSR count). The highest BCUT2D eigenvalue weighted by molar-refractivity contribution is 6.33. The van der Waals surface area contributed by atoms with Crippen molar-refractivity contribution in [2.75, 3.05) is 19.8 Å². The second-order valence-corrected chi connectivity index (χ2v) is 7.60. The molecule has 0 aliphatic heterocycles. The van der Waals surface area contributed by atoms with E-state index in [1.54, 1.807) is 24.3 Å². The van der Waals surface area contributed by atoms with Crippen LogP contribution in [0.5, 0.6) is 5.75 Å². The first-order chi connectivity index (χ1) is 14.2. The molecule has 2 N–H and O–H groups in total. The smallest absolute Gasteiger partial charge is 0.414 e. The molecule has 156 valence electrons. The van der Waals surface area contributed by atoms with Gasteiger partial charge >= 0.3 is 11.7 Å². The summed E-state index contributed by atoms with van der Waals surface area (Å²) in [5, 5.41) is 0.671. The summed E-state index contributed by atoms with van der Waals surface area (Å²) in [6.07, 6.45) is -0.339. The summed E-state index contributed by atoms with van der Waals surface area (Å²) >= 11 is 6.32.